The number of primary amides is 1. The molecule has 0 fully saturated rings. The first-order valence-corrected chi connectivity index (χ1v) is 9.18. The van der Waals surface area contributed by atoms with Crippen molar-refractivity contribution in [1.82, 2.24) is 20.2 Å². The predicted molar refractivity (Wildman–Crippen MR) is 105 cm³/mol. The van der Waals surface area contributed by atoms with Crippen LogP contribution in [0, 0.1) is 0 Å². The van der Waals surface area contributed by atoms with Crippen LogP contribution in [0.25, 0.3) is 0 Å². The summed E-state index contributed by atoms with van der Waals surface area (Å²) in [5, 5.41) is 11.5. The van der Waals surface area contributed by atoms with Crippen LogP contribution in [0.4, 0.5) is 10.3 Å². The minimum atomic E-state index is -0.828. The number of fused-ring (bicyclic) bond motifs is 1. The van der Waals surface area contributed by atoms with Crippen LogP contribution in [0.2, 0.25) is 0 Å². The van der Waals surface area contributed by atoms with Gasteiger partial charge in [0.15, 0.2) is 0 Å². The summed E-state index contributed by atoms with van der Waals surface area (Å²) in [6.07, 6.45) is -0.828. The first-order chi connectivity index (χ1) is 14.4. The highest BCUT2D eigenvalue weighted by molar-refractivity contribution is 6.07. The van der Waals surface area contributed by atoms with Gasteiger partial charge in [0, 0.05) is 18.2 Å². The van der Waals surface area contributed by atoms with E-state index in [2.05, 4.69) is 15.4 Å². The number of nitrogens with zero attached hydrogens (tertiary/aromatic N) is 5. The molecule has 0 spiro atoms. The first kappa shape index (κ1) is 19.5. The van der Waals surface area contributed by atoms with Crippen LogP contribution in [0.1, 0.15) is 37.8 Å². The second-order valence-corrected chi connectivity index (χ2v) is 6.95. The van der Waals surface area contributed by atoms with Crippen molar-refractivity contribution >= 4 is 17.8 Å². The zero-order chi connectivity index (χ0) is 21.4. The minimum Gasteiger partial charge on any atom is -0.486 e. The Morgan fingerprint density at radius 3 is 2.60 bits per heavy atom. The highest BCUT2D eigenvalue weighted by Gasteiger charge is 2.39. The number of anilines is 1. The zero-order valence-corrected chi connectivity index (χ0v) is 16.3. The van der Waals surface area contributed by atoms with Gasteiger partial charge in [-0.05, 0) is 22.9 Å². The molecule has 1 aliphatic rings. The SMILES string of the molecule is CN(C(=O)c1cc(C(N)=O)c2c(c1)[C@H](c1ccccc1)[C@@H](CF)O2)c1nnn(C)n1. The number of rotatable bonds is 5. The van der Waals surface area contributed by atoms with E-state index in [1.807, 2.05) is 30.3 Å². The van der Waals surface area contributed by atoms with Gasteiger partial charge < -0.3 is 10.5 Å². The van der Waals surface area contributed by atoms with E-state index in [0.717, 1.165) is 5.56 Å². The lowest BCUT2D eigenvalue weighted by Gasteiger charge is -2.17. The number of hydrogen-bond donors (Lipinski definition) is 1. The van der Waals surface area contributed by atoms with Gasteiger partial charge in [-0.3, -0.25) is 14.5 Å². The number of carbonyl (C=O) groups excluding carboxylic acids is 2. The molecular weight excluding hydrogens is 391 g/mol. The average molecular weight is 410 g/mol. The quantitative estimate of drug-likeness (QED) is 0.681. The topological polar surface area (TPSA) is 116 Å². The van der Waals surface area contributed by atoms with E-state index in [0.29, 0.717) is 5.56 Å². The molecule has 4 rings (SSSR count). The first-order valence-electron chi connectivity index (χ1n) is 9.18. The third kappa shape index (κ3) is 3.25. The Labute approximate surface area is 171 Å². The molecule has 2 N–H and O–H groups in total. The molecule has 2 heterocycles. The van der Waals surface area contributed by atoms with Crippen molar-refractivity contribution in [3.05, 3.63) is 64.7 Å². The number of amides is 2. The van der Waals surface area contributed by atoms with Crippen molar-refractivity contribution in [3.63, 3.8) is 0 Å². The Hall–Kier alpha value is -3.82. The Morgan fingerprint density at radius 2 is 2.00 bits per heavy atom. The number of aromatic nitrogens is 4. The lowest BCUT2D eigenvalue weighted by atomic mass is 9.86. The highest BCUT2D eigenvalue weighted by Crippen LogP contribution is 2.45. The molecule has 30 heavy (non-hydrogen) atoms. The van der Waals surface area contributed by atoms with E-state index in [1.54, 1.807) is 13.1 Å². The fraction of sp³-hybridized carbons (Fsp3) is 0.250. The zero-order valence-electron chi connectivity index (χ0n) is 16.3. The van der Waals surface area contributed by atoms with Gasteiger partial charge in [-0.2, -0.15) is 4.80 Å². The summed E-state index contributed by atoms with van der Waals surface area (Å²) in [5.74, 6) is -1.43. The van der Waals surface area contributed by atoms with Crippen molar-refractivity contribution in [2.24, 2.45) is 12.8 Å². The average Bonchev–Trinajstić information content (AvgIpc) is 3.35. The molecule has 0 saturated heterocycles. The Kier molecular flexibility index (Phi) is 4.90. The third-order valence-electron chi connectivity index (χ3n) is 5.02. The second-order valence-electron chi connectivity index (χ2n) is 6.95. The third-order valence-corrected chi connectivity index (χ3v) is 5.02. The number of ether oxygens (including phenoxy) is 1. The van der Waals surface area contributed by atoms with Gasteiger partial charge in [0.05, 0.1) is 18.5 Å². The van der Waals surface area contributed by atoms with E-state index in [9.17, 15) is 14.0 Å². The molecule has 0 saturated carbocycles. The molecule has 9 nitrogen and oxygen atoms in total. The summed E-state index contributed by atoms with van der Waals surface area (Å²) in [7, 11) is 3.07. The lowest BCUT2D eigenvalue weighted by molar-refractivity contribution is 0.0991. The maximum atomic E-state index is 13.8. The van der Waals surface area contributed by atoms with Gasteiger partial charge >= 0.3 is 0 Å². The molecule has 1 aromatic heterocycles. The van der Waals surface area contributed by atoms with Gasteiger partial charge in [0.25, 0.3) is 17.8 Å². The molecule has 3 aromatic rings. The molecule has 2 aromatic carbocycles. The molecule has 0 unspecified atom stereocenters. The number of hydrogen-bond acceptors (Lipinski definition) is 6. The minimum absolute atomic E-state index is 0.0215. The monoisotopic (exact) mass is 410 g/mol. The van der Waals surface area contributed by atoms with E-state index in [4.69, 9.17) is 10.5 Å². The summed E-state index contributed by atoms with van der Waals surface area (Å²) < 4.78 is 19.6. The molecule has 2 amide bonds. The number of nitrogens with two attached hydrogens (primary N) is 1. The van der Waals surface area contributed by atoms with Gasteiger partial charge in [0.1, 0.15) is 18.5 Å². The number of alkyl halides is 1. The van der Waals surface area contributed by atoms with Crippen LogP contribution >= 0.6 is 0 Å². The Bertz CT molecular complexity index is 1120. The van der Waals surface area contributed by atoms with E-state index in [-0.39, 0.29) is 22.8 Å². The number of aryl methyl sites for hydroxylation is 1. The largest absolute Gasteiger partial charge is 0.486 e. The lowest BCUT2D eigenvalue weighted by Crippen LogP contribution is -2.28. The summed E-state index contributed by atoms with van der Waals surface area (Å²) in [6.45, 7) is -0.765. The van der Waals surface area contributed by atoms with Crippen molar-refractivity contribution in [2.45, 2.75) is 12.0 Å². The van der Waals surface area contributed by atoms with Gasteiger partial charge in [-0.25, -0.2) is 4.39 Å². The van der Waals surface area contributed by atoms with Crippen molar-refractivity contribution < 1.29 is 18.7 Å². The van der Waals surface area contributed by atoms with Gasteiger partial charge in [0.2, 0.25) is 0 Å². The molecule has 154 valence electrons. The van der Waals surface area contributed by atoms with Crippen molar-refractivity contribution in [1.29, 1.82) is 0 Å². The fourth-order valence-electron chi connectivity index (χ4n) is 3.61. The number of tetrazole rings is 1. The van der Waals surface area contributed by atoms with Crippen LogP contribution in [-0.2, 0) is 7.05 Å². The summed E-state index contributed by atoms with van der Waals surface area (Å²) in [5.41, 5.74) is 7.09. The van der Waals surface area contributed by atoms with Crippen LogP contribution in [-0.4, -0.2) is 51.8 Å². The van der Waals surface area contributed by atoms with E-state index in [1.165, 1.54) is 22.8 Å². The van der Waals surface area contributed by atoms with Gasteiger partial charge in [-0.15, -0.1) is 5.10 Å². The molecule has 0 radical (unpaired) electrons. The normalized spacial score (nSPS) is 17.3. The number of carbonyl (C=O) groups is 2. The standard InChI is InChI=1S/C20H19FN6O3/c1-26(20-23-25-27(2)24-20)19(29)12-8-13-16(11-6-4-3-5-7-11)15(10-21)30-17(13)14(9-12)18(22)28/h3-9,15-16H,10H2,1-2H3,(H2,22,28)/t15-,16+/m1/s1. The second kappa shape index (κ2) is 7.54. The summed E-state index contributed by atoms with van der Waals surface area (Å²) in [6, 6.07) is 12.2. The Balaban J connectivity index is 1.83. The smallest absolute Gasteiger partial charge is 0.272 e. The molecule has 1 aliphatic heterocycles. The maximum absolute atomic E-state index is 13.8. The Morgan fingerprint density at radius 1 is 1.27 bits per heavy atom. The summed E-state index contributed by atoms with van der Waals surface area (Å²) in [4.78, 5) is 27.6. The number of halogens is 1. The van der Waals surface area contributed by atoms with Crippen LogP contribution in [0.15, 0.2) is 42.5 Å². The maximum Gasteiger partial charge on any atom is 0.272 e. The van der Waals surface area contributed by atoms with E-state index < -0.39 is 30.5 Å². The molecule has 10 heteroatoms. The predicted octanol–water partition coefficient (Wildman–Crippen LogP) is 1.45. The highest BCUT2D eigenvalue weighted by atomic mass is 19.1. The van der Waals surface area contributed by atoms with Crippen LogP contribution in [0.5, 0.6) is 5.75 Å². The van der Waals surface area contributed by atoms with Crippen LogP contribution in [0.3, 0.4) is 0 Å². The van der Waals surface area contributed by atoms with Crippen LogP contribution < -0.4 is 15.4 Å². The fourth-order valence-corrected chi connectivity index (χ4v) is 3.61. The molecule has 0 aliphatic carbocycles. The van der Waals surface area contributed by atoms with Crippen molar-refractivity contribution in [2.75, 3.05) is 18.6 Å². The molecular formula is C20H19FN6O3. The van der Waals surface area contributed by atoms with E-state index >= 15 is 0 Å². The summed E-state index contributed by atoms with van der Waals surface area (Å²) >= 11 is 0. The van der Waals surface area contributed by atoms with Crippen molar-refractivity contribution in [3.8, 4) is 5.75 Å². The molecule has 2 atom stereocenters. The van der Waals surface area contributed by atoms with Gasteiger partial charge in [-0.1, -0.05) is 35.4 Å². The molecule has 0 bridgehead atoms. The number of benzene rings is 2.